The normalized spacial score (nSPS) is 35.1. The molecule has 1 amide bonds. The third-order valence-electron chi connectivity index (χ3n) is 5.42. The Kier molecular flexibility index (Phi) is 5.15. The van der Waals surface area contributed by atoms with Crippen molar-refractivity contribution in [2.24, 2.45) is 11.8 Å². The number of nitrogens with zero attached hydrogens (tertiary/aromatic N) is 1. The largest absolute Gasteiger partial charge is 0.324 e. The van der Waals surface area contributed by atoms with Gasteiger partial charge in [0.15, 0.2) is 0 Å². The molecule has 1 N–H and O–H groups in total. The second-order valence-corrected chi connectivity index (χ2v) is 8.77. The quantitative estimate of drug-likeness (QED) is 0.865. The molecule has 2 aliphatic heterocycles. The van der Waals surface area contributed by atoms with Crippen LogP contribution >= 0.6 is 11.8 Å². The molecule has 3 nitrogen and oxygen atoms in total. The predicted molar refractivity (Wildman–Crippen MR) is 89.3 cm³/mol. The second kappa shape index (κ2) is 6.91. The van der Waals surface area contributed by atoms with Gasteiger partial charge >= 0.3 is 0 Å². The van der Waals surface area contributed by atoms with Crippen LogP contribution in [-0.2, 0) is 4.79 Å². The number of hydrogen-bond acceptors (Lipinski definition) is 3. The van der Waals surface area contributed by atoms with E-state index in [-0.39, 0.29) is 6.04 Å². The van der Waals surface area contributed by atoms with Gasteiger partial charge in [-0.15, -0.1) is 0 Å². The van der Waals surface area contributed by atoms with E-state index < -0.39 is 0 Å². The lowest BCUT2D eigenvalue weighted by atomic mass is 10.0. The molecular weight excluding hydrogens is 280 g/mol. The highest BCUT2D eigenvalue weighted by Gasteiger charge is 2.44. The van der Waals surface area contributed by atoms with Crippen molar-refractivity contribution < 1.29 is 4.79 Å². The molecule has 0 spiro atoms. The molecule has 120 valence electrons. The zero-order valence-electron chi connectivity index (χ0n) is 13.5. The van der Waals surface area contributed by atoms with E-state index in [2.05, 4.69) is 35.8 Å². The number of nitrogens with one attached hydrogen (secondary N) is 1. The highest BCUT2D eigenvalue weighted by Crippen LogP contribution is 2.35. The summed E-state index contributed by atoms with van der Waals surface area (Å²) in [4.78, 5) is 15.1. The van der Waals surface area contributed by atoms with Gasteiger partial charge in [-0.25, -0.2) is 0 Å². The van der Waals surface area contributed by atoms with Gasteiger partial charge in [0.05, 0.1) is 12.2 Å². The van der Waals surface area contributed by atoms with E-state index in [1.54, 1.807) is 0 Å². The van der Waals surface area contributed by atoms with E-state index in [4.69, 9.17) is 0 Å². The van der Waals surface area contributed by atoms with Crippen LogP contribution in [0.4, 0.5) is 0 Å². The Morgan fingerprint density at radius 1 is 1.19 bits per heavy atom. The Labute approximate surface area is 133 Å². The van der Waals surface area contributed by atoms with Crippen molar-refractivity contribution in [3.05, 3.63) is 0 Å². The smallest absolute Gasteiger partial charge is 0.241 e. The molecule has 0 aromatic rings. The van der Waals surface area contributed by atoms with Crippen molar-refractivity contribution in [2.45, 2.75) is 76.3 Å². The fraction of sp³-hybridized carbons (Fsp3) is 0.941. The van der Waals surface area contributed by atoms with Gasteiger partial charge in [-0.3, -0.25) is 10.1 Å². The fourth-order valence-corrected chi connectivity index (χ4v) is 5.48. The van der Waals surface area contributed by atoms with Gasteiger partial charge in [-0.05, 0) is 43.3 Å². The summed E-state index contributed by atoms with van der Waals surface area (Å²) in [5.74, 6) is 2.73. The van der Waals surface area contributed by atoms with Crippen molar-refractivity contribution in [3.8, 4) is 0 Å². The molecule has 2 saturated heterocycles. The maximum Gasteiger partial charge on any atom is 0.241 e. The lowest BCUT2D eigenvalue weighted by Crippen LogP contribution is -2.45. The molecular formula is C17H30N2OS. The molecule has 1 saturated carbocycles. The van der Waals surface area contributed by atoms with Crippen LogP contribution in [0, 0.1) is 11.8 Å². The van der Waals surface area contributed by atoms with E-state index >= 15 is 0 Å². The number of carbonyl (C=O) groups excluding carboxylic acids is 1. The van der Waals surface area contributed by atoms with Gasteiger partial charge in [0, 0.05) is 11.8 Å². The molecule has 3 rings (SSSR count). The third-order valence-corrected chi connectivity index (χ3v) is 6.80. The summed E-state index contributed by atoms with van der Waals surface area (Å²) in [5, 5.41) is 4.35. The van der Waals surface area contributed by atoms with E-state index in [1.807, 2.05) is 0 Å². The van der Waals surface area contributed by atoms with Gasteiger partial charge in [0.1, 0.15) is 0 Å². The zero-order valence-corrected chi connectivity index (χ0v) is 14.3. The molecule has 0 aromatic carbocycles. The second-order valence-electron chi connectivity index (χ2n) is 7.36. The van der Waals surface area contributed by atoms with Crippen molar-refractivity contribution in [1.29, 1.82) is 0 Å². The summed E-state index contributed by atoms with van der Waals surface area (Å²) in [5.41, 5.74) is 0. The molecule has 1 aliphatic carbocycles. The van der Waals surface area contributed by atoms with E-state index in [0.29, 0.717) is 29.2 Å². The first-order valence-electron chi connectivity index (χ1n) is 8.85. The van der Waals surface area contributed by atoms with Gasteiger partial charge in [-0.2, -0.15) is 11.8 Å². The average molecular weight is 311 g/mol. The van der Waals surface area contributed by atoms with Gasteiger partial charge in [0.2, 0.25) is 5.91 Å². The first-order chi connectivity index (χ1) is 10.2. The Hall–Kier alpha value is -0.220. The van der Waals surface area contributed by atoms with Crippen LogP contribution in [0.15, 0.2) is 0 Å². The Balaban J connectivity index is 1.70. The van der Waals surface area contributed by atoms with E-state index in [1.165, 1.54) is 50.7 Å². The minimum absolute atomic E-state index is 0.0455. The minimum atomic E-state index is 0.0455. The highest BCUT2D eigenvalue weighted by molar-refractivity contribution is 7.99. The third kappa shape index (κ3) is 3.42. The molecule has 21 heavy (non-hydrogen) atoms. The lowest BCUT2D eigenvalue weighted by molar-refractivity contribution is -0.131. The van der Waals surface area contributed by atoms with Crippen molar-refractivity contribution in [3.63, 3.8) is 0 Å². The Morgan fingerprint density at radius 2 is 1.90 bits per heavy atom. The molecule has 0 bridgehead atoms. The molecule has 0 radical (unpaired) electrons. The molecule has 0 aromatic heterocycles. The first kappa shape index (κ1) is 15.7. The summed E-state index contributed by atoms with van der Waals surface area (Å²) in [7, 11) is 0. The molecule has 4 heteroatoms. The average Bonchev–Trinajstić information content (AvgIpc) is 3.09. The number of amides is 1. The topological polar surface area (TPSA) is 32.3 Å². The fourth-order valence-electron chi connectivity index (χ4n) is 4.18. The van der Waals surface area contributed by atoms with Crippen LogP contribution < -0.4 is 5.32 Å². The van der Waals surface area contributed by atoms with Gasteiger partial charge in [-0.1, -0.05) is 33.1 Å². The standard InChI is InChI=1S/C17H30N2OS/c1-12(2)15-17(20)19(11-14-9-5-6-10-21-14)16(18-15)13-7-3-4-8-13/h12-16,18H,3-11H2,1-2H3. The van der Waals surface area contributed by atoms with Gasteiger partial charge in [0.25, 0.3) is 0 Å². The maximum atomic E-state index is 12.8. The van der Waals surface area contributed by atoms with Crippen LogP contribution in [0.1, 0.15) is 58.8 Å². The first-order valence-corrected chi connectivity index (χ1v) is 9.90. The summed E-state index contributed by atoms with van der Waals surface area (Å²) >= 11 is 2.08. The predicted octanol–water partition coefficient (Wildman–Crippen LogP) is 3.24. The summed E-state index contributed by atoms with van der Waals surface area (Å²) in [6.45, 7) is 5.31. The Morgan fingerprint density at radius 3 is 2.52 bits per heavy atom. The van der Waals surface area contributed by atoms with Crippen LogP contribution in [-0.4, -0.2) is 40.6 Å². The molecule has 2 heterocycles. The summed E-state index contributed by atoms with van der Waals surface area (Å²) < 4.78 is 0. The molecule has 3 atom stereocenters. The maximum absolute atomic E-state index is 12.8. The van der Waals surface area contributed by atoms with E-state index in [9.17, 15) is 4.79 Å². The zero-order chi connectivity index (χ0) is 14.8. The van der Waals surface area contributed by atoms with Crippen molar-refractivity contribution in [2.75, 3.05) is 12.3 Å². The Bertz CT molecular complexity index is 362. The van der Waals surface area contributed by atoms with Crippen LogP contribution in [0.25, 0.3) is 0 Å². The number of rotatable bonds is 4. The van der Waals surface area contributed by atoms with Crippen LogP contribution in [0.3, 0.4) is 0 Å². The van der Waals surface area contributed by atoms with E-state index in [0.717, 1.165) is 6.54 Å². The minimum Gasteiger partial charge on any atom is -0.324 e. The van der Waals surface area contributed by atoms with Crippen LogP contribution in [0.2, 0.25) is 0 Å². The van der Waals surface area contributed by atoms with Crippen molar-refractivity contribution in [1.82, 2.24) is 10.2 Å². The SMILES string of the molecule is CC(C)C1NC(C2CCCC2)N(CC2CCCCS2)C1=O. The number of carbonyl (C=O) groups is 1. The molecule has 3 fully saturated rings. The van der Waals surface area contributed by atoms with Gasteiger partial charge < -0.3 is 4.90 Å². The molecule has 3 unspecified atom stereocenters. The summed E-state index contributed by atoms with van der Waals surface area (Å²) in [6.07, 6.45) is 9.58. The summed E-state index contributed by atoms with van der Waals surface area (Å²) in [6, 6.07) is 0.0455. The highest BCUT2D eigenvalue weighted by atomic mass is 32.2. The lowest BCUT2D eigenvalue weighted by Gasteiger charge is -2.33. The van der Waals surface area contributed by atoms with Crippen molar-refractivity contribution >= 4 is 17.7 Å². The van der Waals surface area contributed by atoms with Crippen LogP contribution in [0.5, 0.6) is 0 Å². The molecule has 3 aliphatic rings. The monoisotopic (exact) mass is 310 g/mol. The number of hydrogen-bond donors (Lipinski definition) is 1. The number of thioether (sulfide) groups is 1.